The zero-order chi connectivity index (χ0) is 25.1. The predicted molar refractivity (Wildman–Crippen MR) is 153 cm³/mol. The number of allylic oxidation sites excluding steroid dienone is 2. The van der Waals surface area contributed by atoms with Crippen molar-refractivity contribution in [2.75, 3.05) is 50.7 Å². The molecule has 34 heavy (non-hydrogen) atoms. The number of piperidine rings is 1. The fourth-order valence-corrected chi connectivity index (χ4v) is 4.75. The highest BCUT2D eigenvalue weighted by Gasteiger charge is 2.21. The Labute approximate surface area is 215 Å². The molecule has 1 aromatic carbocycles. The molecule has 0 unspecified atom stereocenters. The Morgan fingerprint density at radius 2 is 1.62 bits per heavy atom. The van der Waals surface area contributed by atoms with E-state index in [4.69, 9.17) is 0 Å². The second-order valence-corrected chi connectivity index (χ2v) is 12.1. The van der Waals surface area contributed by atoms with Gasteiger partial charge in [-0.25, -0.2) is 0 Å². The summed E-state index contributed by atoms with van der Waals surface area (Å²) in [6.45, 7) is 28.9. The molecule has 5 heteroatoms. The summed E-state index contributed by atoms with van der Waals surface area (Å²) in [5.41, 5.74) is 2.90. The maximum absolute atomic E-state index is 4.08. The van der Waals surface area contributed by atoms with Crippen molar-refractivity contribution >= 4 is 17.6 Å². The monoisotopic (exact) mass is 486 g/mol. The minimum Gasteiger partial charge on any atom is -0.376 e. The van der Waals surface area contributed by atoms with Crippen LogP contribution in [0.25, 0.3) is 0 Å². The van der Waals surface area contributed by atoms with E-state index in [1.165, 1.54) is 68.3 Å². The van der Waals surface area contributed by atoms with Crippen LogP contribution in [0.1, 0.15) is 60.8 Å². The Hall–Kier alpha value is -1.43. The summed E-state index contributed by atoms with van der Waals surface area (Å²) in [6.07, 6.45) is 5.97. The molecule has 0 bridgehead atoms. The van der Waals surface area contributed by atoms with Crippen molar-refractivity contribution < 1.29 is 0 Å². The molecule has 2 aliphatic heterocycles. The van der Waals surface area contributed by atoms with Crippen LogP contribution < -0.4 is 9.62 Å². The summed E-state index contributed by atoms with van der Waals surface area (Å²) >= 11 is 1.72. The molecule has 192 valence electrons. The van der Waals surface area contributed by atoms with Crippen molar-refractivity contribution in [3.8, 4) is 0 Å². The summed E-state index contributed by atoms with van der Waals surface area (Å²) in [6, 6.07) is 9.51. The third-order valence-corrected chi connectivity index (χ3v) is 7.70. The molecular formula is C29H50N4S. The smallest absolute Gasteiger partial charge is 0.0367 e. The largest absolute Gasteiger partial charge is 0.376 e. The molecule has 2 heterocycles. The van der Waals surface area contributed by atoms with Gasteiger partial charge in [-0.1, -0.05) is 33.4 Å². The molecule has 0 amide bonds. The Kier molecular flexibility index (Phi) is 12.0. The van der Waals surface area contributed by atoms with Crippen LogP contribution in [0.4, 0.5) is 5.69 Å². The number of rotatable bonds is 8. The average Bonchev–Trinajstić information content (AvgIpc) is 2.82. The van der Waals surface area contributed by atoms with E-state index in [2.05, 4.69) is 98.4 Å². The standard InChI is InChI=1S/C23H38N4S.C6H12/c1-19(2)24-28-23-7-5-22(6-8-23)27-17-15-25(16-18-27)12-9-21-10-13-26(14-11-21)20(3)4;1-5-6(2,3)4/h5-8,19,21,24H,3,9-18H2,1-2,4H3;5H,1H2,2-4H3. The second kappa shape index (κ2) is 14.2. The van der Waals surface area contributed by atoms with Crippen molar-refractivity contribution in [1.82, 2.24) is 14.5 Å². The van der Waals surface area contributed by atoms with E-state index < -0.39 is 0 Å². The quantitative estimate of drug-likeness (QED) is 0.326. The molecule has 0 atom stereocenters. The molecule has 0 radical (unpaired) electrons. The van der Waals surface area contributed by atoms with E-state index in [-0.39, 0.29) is 0 Å². The van der Waals surface area contributed by atoms with Crippen LogP contribution in [0.15, 0.2) is 54.1 Å². The van der Waals surface area contributed by atoms with Gasteiger partial charge in [0.05, 0.1) is 0 Å². The van der Waals surface area contributed by atoms with Gasteiger partial charge in [-0.15, -0.1) is 6.58 Å². The summed E-state index contributed by atoms with van der Waals surface area (Å²) < 4.78 is 3.40. The van der Waals surface area contributed by atoms with Gasteiger partial charge in [-0.3, -0.25) is 9.62 Å². The Balaban J connectivity index is 0.000000604. The maximum Gasteiger partial charge on any atom is 0.0367 e. The van der Waals surface area contributed by atoms with Crippen LogP contribution in [-0.4, -0.2) is 61.7 Å². The molecule has 2 saturated heterocycles. The van der Waals surface area contributed by atoms with Crippen LogP contribution >= 0.6 is 11.9 Å². The number of nitrogens with zero attached hydrogens (tertiary/aromatic N) is 3. The fraction of sp³-hybridized carbons (Fsp3) is 0.655. The van der Waals surface area contributed by atoms with Crippen molar-refractivity contribution in [3.63, 3.8) is 0 Å². The first-order valence-electron chi connectivity index (χ1n) is 13.1. The van der Waals surface area contributed by atoms with Crippen molar-refractivity contribution in [2.24, 2.45) is 11.3 Å². The van der Waals surface area contributed by atoms with Crippen molar-refractivity contribution in [3.05, 3.63) is 49.2 Å². The van der Waals surface area contributed by atoms with Crippen LogP contribution in [0.5, 0.6) is 0 Å². The summed E-state index contributed by atoms with van der Waals surface area (Å²) in [7, 11) is 0. The van der Waals surface area contributed by atoms with E-state index in [1.807, 2.05) is 6.08 Å². The van der Waals surface area contributed by atoms with Gasteiger partial charge >= 0.3 is 0 Å². The van der Waals surface area contributed by atoms with Gasteiger partial charge in [0, 0.05) is 61.6 Å². The fourth-order valence-electron chi connectivity index (χ4n) is 4.11. The van der Waals surface area contributed by atoms with E-state index in [0.29, 0.717) is 11.5 Å². The molecule has 0 aromatic heterocycles. The van der Waals surface area contributed by atoms with Crippen LogP contribution in [0.2, 0.25) is 0 Å². The van der Waals surface area contributed by atoms with Gasteiger partial charge < -0.3 is 9.80 Å². The third-order valence-electron chi connectivity index (χ3n) is 6.61. The molecule has 1 N–H and O–H groups in total. The molecule has 0 aliphatic carbocycles. The van der Waals surface area contributed by atoms with Gasteiger partial charge in [0.1, 0.15) is 0 Å². The van der Waals surface area contributed by atoms with Crippen molar-refractivity contribution in [2.45, 2.75) is 71.7 Å². The maximum atomic E-state index is 4.08. The number of hydrogen-bond donors (Lipinski definition) is 1. The lowest BCUT2D eigenvalue weighted by Crippen LogP contribution is -2.47. The molecular weight excluding hydrogens is 436 g/mol. The molecule has 1 aromatic rings. The number of nitrogens with one attached hydrogen (secondary N) is 1. The van der Waals surface area contributed by atoms with E-state index in [0.717, 1.165) is 19.0 Å². The number of anilines is 1. The lowest BCUT2D eigenvalue weighted by molar-refractivity contribution is 0.187. The SMILES string of the molecule is C=C(C)N1CCC(CCN2CCN(c3ccc(SNC(C)C)cc3)CC2)CC1.C=CC(C)(C)C. The van der Waals surface area contributed by atoms with Gasteiger partial charge in [-0.2, -0.15) is 0 Å². The van der Waals surface area contributed by atoms with E-state index >= 15 is 0 Å². The lowest BCUT2D eigenvalue weighted by Gasteiger charge is -2.38. The Bertz CT molecular complexity index is 721. The van der Waals surface area contributed by atoms with Gasteiger partial charge in [0.15, 0.2) is 0 Å². The second-order valence-electron chi connectivity index (χ2n) is 11.2. The van der Waals surface area contributed by atoms with Gasteiger partial charge in [0.25, 0.3) is 0 Å². The summed E-state index contributed by atoms with van der Waals surface area (Å²) in [5.74, 6) is 0.901. The van der Waals surface area contributed by atoms with Crippen LogP contribution in [0, 0.1) is 11.3 Å². The number of hydrogen-bond acceptors (Lipinski definition) is 5. The minimum atomic E-state index is 0.306. The number of piperazine rings is 1. The van der Waals surface area contributed by atoms with Crippen molar-refractivity contribution in [1.29, 1.82) is 0 Å². The first-order valence-corrected chi connectivity index (χ1v) is 13.9. The highest BCUT2D eigenvalue weighted by molar-refractivity contribution is 7.97. The molecule has 2 fully saturated rings. The first-order chi connectivity index (χ1) is 16.1. The first kappa shape index (κ1) is 28.8. The summed E-state index contributed by atoms with van der Waals surface area (Å²) in [5, 5.41) is 0. The zero-order valence-electron chi connectivity index (χ0n) is 22.8. The third kappa shape index (κ3) is 10.9. The molecule has 0 saturated carbocycles. The summed E-state index contributed by atoms with van der Waals surface area (Å²) in [4.78, 5) is 8.93. The molecule has 0 spiro atoms. The number of benzene rings is 1. The van der Waals surface area contributed by atoms with E-state index in [1.54, 1.807) is 11.9 Å². The van der Waals surface area contributed by atoms with Gasteiger partial charge in [0.2, 0.25) is 0 Å². The molecule has 4 nitrogen and oxygen atoms in total. The van der Waals surface area contributed by atoms with E-state index in [9.17, 15) is 0 Å². The number of likely N-dealkylation sites (tertiary alicyclic amines) is 1. The predicted octanol–water partition coefficient (Wildman–Crippen LogP) is 6.67. The minimum absolute atomic E-state index is 0.306. The van der Waals surface area contributed by atoms with Gasteiger partial charge in [-0.05, 0) is 94.1 Å². The highest BCUT2D eigenvalue weighted by atomic mass is 32.2. The lowest BCUT2D eigenvalue weighted by atomic mass is 9.93. The highest BCUT2D eigenvalue weighted by Crippen LogP contribution is 2.24. The Morgan fingerprint density at radius 3 is 2.09 bits per heavy atom. The van der Waals surface area contributed by atoms with Crippen LogP contribution in [0.3, 0.4) is 0 Å². The average molecular weight is 487 g/mol. The normalized spacial score (nSPS) is 18.0. The molecule has 2 aliphatic rings. The Morgan fingerprint density at radius 1 is 1.06 bits per heavy atom. The molecule has 3 rings (SSSR count). The zero-order valence-corrected chi connectivity index (χ0v) is 23.6. The topological polar surface area (TPSA) is 21.8 Å². The van der Waals surface area contributed by atoms with Crippen LogP contribution in [-0.2, 0) is 0 Å².